The van der Waals surface area contributed by atoms with Gasteiger partial charge in [-0.05, 0) is 35.4 Å². The Hall–Kier alpha value is -0.460. The number of hydrogen-bond donors (Lipinski definition) is 2. The zero-order valence-electron chi connectivity index (χ0n) is 10.3. The molecule has 96 valence electrons. The zero-order chi connectivity index (χ0) is 12.1. The monoisotopic (exact) mass is 255 g/mol. The number of likely N-dealkylation sites (N-methyl/N-ethyl adjacent to an activating group) is 1. The molecule has 1 aliphatic heterocycles. The van der Waals surface area contributed by atoms with E-state index in [0.717, 1.165) is 32.7 Å². The van der Waals surface area contributed by atoms with Crippen molar-refractivity contribution >= 4 is 11.3 Å². The van der Waals surface area contributed by atoms with Gasteiger partial charge in [-0.25, -0.2) is 0 Å². The maximum absolute atomic E-state index is 5.83. The second-order valence-electron chi connectivity index (χ2n) is 4.41. The molecule has 1 saturated heterocycles. The van der Waals surface area contributed by atoms with Crippen molar-refractivity contribution in [1.29, 1.82) is 0 Å². The minimum Gasteiger partial charge on any atom is -0.374 e. The molecule has 17 heavy (non-hydrogen) atoms. The summed E-state index contributed by atoms with van der Waals surface area (Å²) in [6.45, 7) is 6.07. The molecule has 0 aromatic carbocycles. The number of nitrogens with two attached hydrogens (primary N) is 1. The van der Waals surface area contributed by atoms with Crippen LogP contribution in [0.15, 0.2) is 16.8 Å². The van der Waals surface area contributed by atoms with Crippen molar-refractivity contribution in [2.24, 2.45) is 5.84 Å². The third-order valence-corrected chi connectivity index (χ3v) is 4.06. The van der Waals surface area contributed by atoms with Crippen molar-refractivity contribution in [2.45, 2.75) is 25.5 Å². The molecule has 1 aromatic heterocycles. The molecule has 0 spiro atoms. The average Bonchev–Trinajstić information content (AvgIpc) is 2.89. The van der Waals surface area contributed by atoms with Gasteiger partial charge in [0.1, 0.15) is 0 Å². The van der Waals surface area contributed by atoms with Crippen molar-refractivity contribution in [3.63, 3.8) is 0 Å². The molecular weight excluding hydrogens is 234 g/mol. The van der Waals surface area contributed by atoms with Gasteiger partial charge in [0.25, 0.3) is 0 Å². The second kappa shape index (κ2) is 6.47. The van der Waals surface area contributed by atoms with Crippen molar-refractivity contribution in [2.75, 3.05) is 26.2 Å². The summed E-state index contributed by atoms with van der Waals surface area (Å²) in [4.78, 5) is 2.41. The fourth-order valence-corrected chi connectivity index (χ4v) is 2.90. The first-order valence-electron chi connectivity index (χ1n) is 6.14. The summed E-state index contributed by atoms with van der Waals surface area (Å²) in [7, 11) is 0. The van der Waals surface area contributed by atoms with Gasteiger partial charge in [0, 0.05) is 13.1 Å². The summed E-state index contributed by atoms with van der Waals surface area (Å²) in [6.07, 6.45) is 1.12. The molecule has 0 saturated carbocycles. The molecule has 1 aliphatic rings. The molecule has 4 nitrogen and oxygen atoms in total. The third kappa shape index (κ3) is 3.50. The fraction of sp³-hybridized carbons (Fsp3) is 0.667. The van der Waals surface area contributed by atoms with Crippen LogP contribution in [-0.4, -0.2) is 43.3 Å². The predicted octanol–water partition coefficient (Wildman–Crippen LogP) is 0.843. The van der Waals surface area contributed by atoms with E-state index >= 15 is 0 Å². The minimum atomic E-state index is 0.189. The highest BCUT2D eigenvalue weighted by atomic mass is 32.1. The Labute approximate surface area is 107 Å². The first-order valence-corrected chi connectivity index (χ1v) is 7.09. The molecule has 3 N–H and O–H groups in total. The summed E-state index contributed by atoms with van der Waals surface area (Å²) >= 11 is 1.72. The smallest absolute Gasteiger partial charge is 0.0871 e. The lowest BCUT2D eigenvalue weighted by molar-refractivity contribution is -0.0447. The molecule has 0 aliphatic carbocycles. The van der Waals surface area contributed by atoms with Gasteiger partial charge in [-0.15, -0.1) is 0 Å². The number of rotatable bonds is 5. The Morgan fingerprint density at radius 1 is 1.71 bits per heavy atom. The van der Waals surface area contributed by atoms with Crippen LogP contribution in [0, 0.1) is 0 Å². The second-order valence-corrected chi connectivity index (χ2v) is 5.19. The number of nitrogens with zero attached hydrogens (tertiary/aromatic N) is 1. The van der Waals surface area contributed by atoms with Crippen molar-refractivity contribution in [3.8, 4) is 0 Å². The van der Waals surface area contributed by atoms with E-state index in [1.807, 2.05) is 0 Å². The molecule has 0 radical (unpaired) electrons. The quantitative estimate of drug-likeness (QED) is 0.605. The molecule has 5 heteroatoms. The highest BCUT2D eigenvalue weighted by molar-refractivity contribution is 7.07. The van der Waals surface area contributed by atoms with E-state index in [-0.39, 0.29) is 12.1 Å². The van der Waals surface area contributed by atoms with Crippen molar-refractivity contribution in [3.05, 3.63) is 22.4 Å². The highest BCUT2D eigenvalue weighted by Gasteiger charge is 2.27. The van der Waals surface area contributed by atoms with E-state index in [2.05, 4.69) is 34.1 Å². The summed E-state index contributed by atoms with van der Waals surface area (Å²) in [5.41, 5.74) is 4.24. The molecule has 2 atom stereocenters. The number of hydrazine groups is 1. The summed E-state index contributed by atoms with van der Waals surface area (Å²) in [6, 6.07) is 2.34. The van der Waals surface area contributed by atoms with E-state index in [1.54, 1.807) is 11.3 Å². The van der Waals surface area contributed by atoms with E-state index in [1.165, 1.54) is 5.56 Å². The summed E-state index contributed by atoms with van der Waals surface area (Å²) < 4.78 is 5.83. The van der Waals surface area contributed by atoms with Crippen LogP contribution in [0.4, 0.5) is 0 Å². The lowest BCUT2D eigenvalue weighted by Gasteiger charge is -2.36. The van der Waals surface area contributed by atoms with Gasteiger partial charge < -0.3 is 4.74 Å². The van der Waals surface area contributed by atoms with Gasteiger partial charge in [-0.2, -0.15) is 11.3 Å². The van der Waals surface area contributed by atoms with Crippen LogP contribution in [0.2, 0.25) is 0 Å². The molecular formula is C12H21N3OS. The standard InChI is InChI=1S/C12H21N3OS/c1-2-15-4-5-16-12(8-15)11(14-13)7-10-3-6-17-9-10/h3,6,9,11-12,14H,2,4-5,7-8,13H2,1H3. The molecule has 2 heterocycles. The third-order valence-electron chi connectivity index (χ3n) is 3.32. The lowest BCUT2D eigenvalue weighted by atomic mass is 10.0. The SMILES string of the molecule is CCN1CCOC(C(Cc2ccsc2)NN)C1. The molecule has 2 rings (SSSR count). The van der Waals surface area contributed by atoms with Gasteiger partial charge in [-0.1, -0.05) is 6.92 Å². The largest absolute Gasteiger partial charge is 0.374 e. The normalized spacial score (nSPS) is 23.8. The maximum atomic E-state index is 5.83. The van der Waals surface area contributed by atoms with E-state index in [4.69, 9.17) is 10.6 Å². The Morgan fingerprint density at radius 2 is 2.59 bits per heavy atom. The highest BCUT2D eigenvalue weighted by Crippen LogP contribution is 2.14. The van der Waals surface area contributed by atoms with Gasteiger partial charge in [0.05, 0.1) is 18.8 Å². The van der Waals surface area contributed by atoms with Gasteiger partial charge in [-0.3, -0.25) is 16.2 Å². The van der Waals surface area contributed by atoms with Crippen LogP contribution in [0.1, 0.15) is 12.5 Å². The Kier molecular flexibility index (Phi) is 4.94. The predicted molar refractivity (Wildman–Crippen MR) is 71.0 cm³/mol. The molecule has 0 amide bonds. The van der Waals surface area contributed by atoms with Crippen LogP contribution in [0.25, 0.3) is 0 Å². The van der Waals surface area contributed by atoms with Crippen molar-refractivity contribution < 1.29 is 4.74 Å². The fourth-order valence-electron chi connectivity index (χ4n) is 2.22. The van der Waals surface area contributed by atoms with Crippen LogP contribution in [0.3, 0.4) is 0 Å². The van der Waals surface area contributed by atoms with Gasteiger partial charge in [0.15, 0.2) is 0 Å². The number of nitrogens with one attached hydrogen (secondary N) is 1. The maximum Gasteiger partial charge on any atom is 0.0871 e. The molecule has 2 unspecified atom stereocenters. The topological polar surface area (TPSA) is 50.5 Å². The molecule has 1 aromatic rings. The van der Waals surface area contributed by atoms with E-state index in [0.29, 0.717) is 0 Å². The molecule has 1 fully saturated rings. The average molecular weight is 255 g/mol. The molecule has 0 bridgehead atoms. The summed E-state index contributed by atoms with van der Waals surface area (Å²) in [5, 5.41) is 4.27. The zero-order valence-corrected chi connectivity index (χ0v) is 11.1. The lowest BCUT2D eigenvalue weighted by Crippen LogP contribution is -2.54. The Bertz CT molecular complexity index is 318. The number of ether oxygens (including phenoxy) is 1. The van der Waals surface area contributed by atoms with Crippen molar-refractivity contribution in [1.82, 2.24) is 10.3 Å². The first kappa shape index (κ1) is 13.0. The van der Waals surface area contributed by atoms with Crippen LogP contribution in [-0.2, 0) is 11.2 Å². The van der Waals surface area contributed by atoms with E-state index in [9.17, 15) is 0 Å². The van der Waals surface area contributed by atoms with E-state index < -0.39 is 0 Å². The van der Waals surface area contributed by atoms with Gasteiger partial charge >= 0.3 is 0 Å². The first-order chi connectivity index (χ1) is 8.33. The minimum absolute atomic E-state index is 0.189. The number of hydrogen-bond acceptors (Lipinski definition) is 5. The Balaban J connectivity index is 1.93. The number of thiophene rings is 1. The van der Waals surface area contributed by atoms with Crippen LogP contribution < -0.4 is 11.3 Å². The van der Waals surface area contributed by atoms with Crippen LogP contribution >= 0.6 is 11.3 Å². The Morgan fingerprint density at radius 3 is 3.24 bits per heavy atom. The van der Waals surface area contributed by atoms with Gasteiger partial charge in [0.2, 0.25) is 0 Å². The van der Waals surface area contributed by atoms with Crippen LogP contribution in [0.5, 0.6) is 0 Å². The summed E-state index contributed by atoms with van der Waals surface area (Å²) in [5.74, 6) is 5.66. The number of morpholine rings is 1.